The maximum absolute atomic E-state index is 11.7. The summed E-state index contributed by atoms with van der Waals surface area (Å²) in [5, 5.41) is 7.21. The van der Waals surface area contributed by atoms with Crippen molar-refractivity contribution in [3.63, 3.8) is 0 Å². The molecule has 1 aliphatic rings. The van der Waals surface area contributed by atoms with Crippen molar-refractivity contribution >= 4 is 23.6 Å². The van der Waals surface area contributed by atoms with E-state index < -0.39 is 0 Å². The van der Waals surface area contributed by atoms with E-state index in [1.807, 2.05) is 24.6 Å². The standard InChI is InChI=1S/C13H20N4O2S/c1-10-6-11(2)17(15-10)5-3-4-14-12(18)7-16-9-20-8-13(16)19/h6H,3-5,7-9H2,1-2H3,(H,14,18). The highest BCUT2D eigenvalue weighted by Gasteiger charge is 2.22. The van der Waals surface area contributed by atoms with Crippen LogP contribution in [0.1, 0.15) is 17.8 Å². The van der Waals surface area contributed by atoms with E-state index in [-0.39, 0.29) is 18.4 Å². The lowest BCUT2D eigenvalue weighted by Gasteiger charge is -2.14. The monoisotopic (exact) mass is 296 g/mol. The molecule has 0 aliphatic carbocycles. The van der Waals surface area contributed by atoms with Crippen LogP contribution in [0.2, 0.25) is 0 Å². The van der Waals surface area contributed by atoms with Crippen LogP contribution in [0, 0.1) is 13.8 Å². The topological polar surface area (TPSA) is 67.2 Å². The molecule has 2 heterocycles. The van der Waals surface area contributed by atoms with Gasteiger partial charge in [-0.15, -0.1) is 11.8 Å². The molecule has 1 N–H and O–H groups in total. The molecule has 110 valence electrons. The molecule has 0 aromatic carbocycles. The molecule has 1 fully saturated rings. The van der Waals surface area contributed by atoms with E-state index in [4.69, 9.17) is 0 Å². The van der Waals surface area contributed by atoms with Gasteiger partial charge in [-0.1, -0.05) is 0 Å². The molecule has 6 nitrogen and oxygen atoms in total. The number of aryl methyl sites for hydroxylation is 3. The Labute approximate surface area is 122 Å². The van der Waals surface area contributed by atoms with Crippen molar-refractivity contribution in [2.45, 2.75) is 26.8 Å². The van der Waals surface area contributed by atoms with Crippen molar-refractivity contribution < 1.29 is 9.59 Å². The van der Waals surface area contributed by atoms with Gasteiger partial charge in [0.1, 0.15) is 6.54 Å². The molecule has 0 saturated carbocycles. The highest BCUT2D eigenvalue weighted by molar-refractivity contribution is 8.00. The minimum Gasteiger partial charge on any atom is -0.354 e. The van der Waals surface area contributed by atoms with Crippen molar-refractivity contribution in [1.82, 2.24) is 20.0 Å². The number of carbonyl (C=O) groups excluding carboxylic acids is 2. The van der Waals surface area contributed by atoms with E-state index >= 15 is 0 Å². The fraction of sp³-hybridized carbons (Fsp3) is 0.615. The molecule has 7 heteroatoms. The molecule has 0 atom stereocenters. The SMILES string of the molecule is Cc1cc(C)n(CCCNC(=O)CN2CSCC2=O)n1. The summed E-state index contributed by atoms with van der Waals surface area (Å²) in [5.41, 5.74) is 2.14. The Kier molecular flexibility index (Phi) is 5.05. The Balaban J connectivity index is 1.64. The molecule has 0 unspecified atom stereocenters. The molecule has 1 aliphatic heterocycles. The van der Waals surface area contributed by atoms with Crippen molar-refractivity contribution in [3.8, 4) is 0 Å². The van der Waals surface area contributed by atoms with Crippen LogP contribution < -0.4 is 5.32 Å². The van der Waals surface area contributed by atoms with Crippen molar-refractivity contribution in [3.05, 3.63) is 17.5 Å². The van der Waals surface area contributed by atoms with Crippen LogP contribution in [0.25, 0.3) is 0 Å². The third-order valence-electron chi connectivity index (χ3n) is 3.13. The lowest BCUT2D eigenvalue weighted by atomic mass is 10.3. The zero-order valence-electron chi connectivity index (χ0n) is 11.9. The van der Waals surface area contributed by atoms with Gasteiger partial charge in [0.05, 0.1) is 17.3 Å². The number of amides is 2. The van der Waals surface area contributed by atoms with Crippen LogP contribution >= 0.6 is 11.8 Å². The minimum atomic E-state index is -0.0887. The van der Waals surface area contributed by atoms with Crippen molar-refractivity contribution in [2.75, 3.05) is 24.7 Å². The number of hydrogen-bond donors (Lipinski definition) is 1. The Hall–Kier alpha value is -1.50. The van der Waals surface area contributed by atoms with Crippen LogP contribution in [0.3, 0.4) is 0 Å². The van der Waals surface area contributed by atoms with E-state index in [2.05, 4.69) is 10.4 Å². The second-order valence-electron chi connectivity index (χ2n) is 4.92. The second kappa shape index (κ2) is 6.78. The molecule has 2 rings (SSSR count). The summed E-state index contributed by atoms with van der Waals surface area (Å²) in [6.07, 6.45) is 0.830. The number of nitrogens with one attached hydrogen (secondary N) is 1. The first kappa shape index (κ1) is 14.9. The van der Waals surface area contributed by atoms with E-state index in [1.165, 1.54) is 0 Å². The summed E-state index contributed by atoms with van der Waals surface area (Å²) in [4.78, 5) is 24.7. The number of carbonyl (C=O) groups is 2. The first-order valence-electron chi connectivity index (χ1n) is 6.69. The van der Waals surface area contributed by atoms with Gasteiger partial charge in [0.15, 0.2) is 0 Å². The fourth-order valence-corrected chi connectivity index (χ4v) is 3.03. The predicted octanol–water partition coefficient (Wildman–Crippen LogP) is 0.539. The molecule has 20 heavy (non-hydrogen) atoms. The van der Waals surface area contributed by atoms with Gasteiger partial charge < -0.3 is 10.2 Å². The van der Waals surface area contributed by atoms with E-state index in [0.717, 1.165) is 24.4 Å². The summed E-state index contributed by atoms with van der Waals surface area (Å²) in [7, 11) is 0. The highest BCUT2D eigenvalue weighted by Crippen LogP contribution is 2.13. The number of aromatic nitrogens is 2. The van der Waals surface area contributed by atoms with Crippen molar-refractivity contribution in [2.24, 2.45) is 0 Å². The zero-order chi connectivity index (χ0) is 14.5. The van der Waals surface area contributed by atoms with Crippen LogP contribution in [-0.4, -0.2) is 51.2 Å². The third kappa shape index (κ3) is 4.00. The third-order valence-corrected chi connectivity index (χ3v) is 4.08. The average molecular weight is 296 g/mol. The summed E-state index contributed by atoms with van der Waals surface area (Å²) < 4.78 is 1.95. The average Bonchev–Trinajstić information content (AvgIpc) is 2.92. The van der Waals surface area contributed by atoms with Crippen LogP contribution in [0.5, 0.6) is 0 Å². The van der Waals surface area contributed by atoms with Crippen LogP contribution in [0.15, 0.2) is 6.07 Å². The Bertz CT molecular complexity index is 501. The lowest BCUT2D eigenvalue weighted by molar-refractivity contribution is -0.132. The van der Waals surface area contributed by atoms with Crippen molar-refractivity contribution in [1.29, 1.82) is 0 Å². The number of thioether (sulfide) groups is 1. The molecule has 1 aromatic heterocycles. The predicted molar refractivity (Wildman–Crippen MR) is 78.4 cm³/mol. The first-order chi connectivity index (χ1) is 9.56. The van der Waals surface area contributed by atoms with Gasteiger partial charge in [-0.25, -0.2) is 0 Å². The fourth-order valence-electron chi connectivity index (χ4n) is 2.13. The molecule has 1 aromatic rings. The van der Waals surface area contributed by atoms with E-state index in [0.29, 0.717) is 18.2 Å². The van der Waals surface area contributed by atoms with Crippen LogP contribution in [0.4, 0.5) is 0 Å². The Morgan fingerprint density at radius 1 is 1.50 bits per heavy atom. The molecule has 0 radical (unpaired) electrons. The summed E-state index contributed by atoms with van der Waals surface area (Å²) >= 11 is 1.55. The van der Waals surface area contributed by atoms with Gasteiger partial charge in [-0.05, 0) is 26.3 Å². The number of nitrogens with zero attached hydrogens (tertiary/aromatic N) is 3. The summed E-state index contributed by atoms with van der Waals surface area (Å²) in [5.74, 6) is 1.07. The largest absolute Gasteiger partial charge is 0.354 e. The van der Waals surface area contributed by atoms with Gasteiger partial charge in [-0.2, -0.15) is 5.10 Å². The smallest absolute Gasteiger partial charge is 0.239 e. The van der Waals surface area contributed by atoms with Gasteiger partial charge in [0.2, 0.25) is 11.8 Å². The number of rotatable bonds is 6. The molecule has 1 saturated heterocycles. The van der Waals surface area contributed by atoms with E-state index in [9.17, 15) is 9.59 Å². The van der Waals surface area contributed by atoms with Gasteiger partial charge in [0.25, 0.3) is 0 Å². The Morgan fingerprint density at radius 2 is 2.30 bits per heavy atom. The van der Waals surface area contributed by atoms with Gasteiger partial charge >= 0.3 is 0 Å². The summed E-state index contributed by atoms with van der Waals surface area (Å²) in [6, 6.07) is 2.04. The Morgan fingerprint density at radius 3 is 2.90 bits per heavy atom. The van der Waals surface area contributed by atoms with Gasteiger partial charge in [-0.3, -0.25) is 14.3 Å². The maximum Gasteiger partial charge on any atom is 0.239 e. The molecule has 2 amide bonds. The van der Waals surface area contributed by atoms with Gasteiger partial charge in [0, 0.05) is 18.8 Å². The first-order valence-corrected chi connectivity index (χ1v) is 7.85. The maximum atomic E-state index is 11.7. The lowest BCUT2D eigenvalue weighted by Crippen LogP contribution is -2.38. The minimum absolute atomic E-state index is 0.0489. The number of hydrogen-bond acceptors (Lipinski definition) is 4. The molecular weight excluding hydrogens is 276 g/mol. The van der Waals surface area contributed by atoms with E-state index in [1.54, 1.807) is 16.7 Å². The van der Waals surface area contributed by atoms with Crippen LogP contribution in [-0.2, 0) is 16.1 Å². The quantitative estimate of drug-likeness (QED) is 0.778. The zero-order valence-corrected chi connectivity index (χ0v) is 12.7. The second-order valence-corrected chi connectivity index (χ2v) is 5.88. The molecule has 0 bridgehead atoms. The molecule has 0 spiro atoms. The highest BCUT2D eigenvalue weighted by atomic mass is 32.2. The molecular formula is C13H20N4O2S. The summed E-state index contributed by atoms with van der Waals surface area (Å²) in [6.45, 7) is 5.56. The normalized spacial score (nSPS) is 14.9.